The van der Waals surface area contributed by atoms with E-state index < -0.39 is 227 Å². The third-order valence-corrected chi connectivity index (χ3v) is 8.57. The van der Waals surface area contributed by atoms with Crippen molar-refractivity contribution in [1.82, 2.24) is 0 Å². The van der Waals surface area contributed by atoms with Gasteiger partial charge >= 0.3 is 0 Å². The van der Waals surface area contributed by atoms with Crippen molar-refractivity contribution >= 4 is 54.3 Å². The van der Waals surface area contributed by atoms with Crippen LogP contribution in [0.1, 0.15) is 57.9 Å². The molecule has 1 heterocycles. The molecule has 1 aliphatic rings. The minimum absolute atomic E-state index is 0.00253. The molecule has 0 bridgehead atoms. The van der Waals surface area contributed by atoms with Crippen LogP contribution in [0.5, 0.6) is 0 Å². The van der Waals surface area contributed by atoms with Gasteiger partial charge < -0.3 is 4.42 Å². The third kappa shape index (κ3) is 3.40. The fraction of sp³-hybridized carbons (Fsp3) is 0.0667. The van der Waals surface area contributed by atoms with Gasteiger partial charge in [0.15, 0.2) is 0 Å². The van der Waals surface area contributed by atoms with Crippen LogP contribution < -0.4 is 0 Å². The maximum atomic E-state index is 9.92. The first kappa shape index (κ1) is 11.6. The summed E-state index contributed by atoms with van der Waals surface area (Å²) in [4.78, 5) is 0. The van der Waals surface area contributed by atoms with Crippen molar-refractivity contribution < 1.29 is 37.3 Å². The quantitative estimate of drug-likeness (QED) is 0.177. The fourth-order valence-electron chi connectivity index (χ4n) is 6.51. The van der Waals surface area contributed by atoms with E-state index in [4.69, 9.17) is 23.6 Å². The number of fused-ring (bicyclic) bond motifs is 9. The zero-order valence-electron chi connectivity index (χ0n) is 47.9. The molecule has 0 saturated heterocycles. The standard InChI is InChI=1S/C45H30O/c1-45(2)38-20-10-9-14-30(38)36-25-29(22-23-39(36)45)42-31-15-5-7-17-33(31)43(34-18-8-6-16-32(34)42)35-19-11-21-40-44(35)37-24-27-12-3-4-13-28(27)26-41(37)46-40/h3-26H,1-2H3/i3D,4D,5D,6D,7D,8D,9D,10D,11D,12D,13D,14D,15D,16D,17D,18D,19D,20D,21D,22D,23D,24D,25D,26D. The molecule has 0 aliphatic heterocycles. The lowest BCUT2D eigenvalue weighted by molar-refractivity contribution is 0.660. The molecule has 1 aromatic heterocycles. The van der Waals surface area contributed by atoms with Gasteiger partial charge in [-0.05, 0) is 101 Å². The highest BCUT2D eigenvalue weighted by atomic mass is 16.3. The van der Waals surface area contributed by atoms with Gasteiger partial charge in [-0.2, -0.15) is 0 Å². The van der Waals surface area contributed by atoms with Gasteiger partial charge in [0.1, 0.15) is 11.2 Å². The molecular weight excluding hydrogens is 556 g/mol. The predicted octanol–water partition coefficient (Wildman–Crippen LogP) is 12.7. The van der Waals surface area contributed by atoms with Gasteiger partial charge in [-0.3, -0.25) is 0 Å². The second-order valence-corrected chi connectivity index (χ2v) is 11.4. The van der Waals surface area contributed by atoms with Gasteiger partial charge in [0.05, 0.1) is 32.9 Å². The lowest BCUT2D eigenvalue weighted by Gasteiger charge is -2.22. The van der Waals surface area contributed by atoms with E-state index in [2.05, 4.69) is 0 Å². The van der Waals surface area contributed by atoms with Gasteiger partial charge in [-0.25, -0.2) is 0 Å². The first-order valence-corrected chi connectivity index (χ1v) is 14.2. The van der Waals surface area contributed by atoms with Crippen molar-refractivity contribution in [3.05, 3.63) is 156 Å². The molecule has 0 radical (unpaired) electrons. The monoisotopic (exact) mass is 610 g/mol. The average Bonchev–Trinajstić information content (AvgIpc) is 3.84. The maximum Gasteiger partial charge on any atom is 0.136 e. The largest absolute Gasteiger partial charge is 0.456 e. The highest BCUT2D eigenvalue weighted by molar-refractivity contribution is 6.26. The van der Waals surface area contributed by atoms with Gasteiger partial charge in [0.2, 0.25) is 0 Å². The van der Waals surface area contributed by atoms with Gasteiger partial charge in [-0.15, -0.1) is 0 Å². The molecule has 46 heavy (non-hydrogen) atoms. The lowest BCUT2D eigenvalue weighted by Crippen LogP contribution is -2.14. The summed E-state index contributed by atoms with van der Waals surface area (Å²) < 4.78 is 224. The minimum Gasteiger partial charge on any atom is -0.456 e. The van der Waals surface area contributed by atoms with Gasteiger partial charge in [0, 0.05) is 16.2 Å². The van der Waals surface area contributed by atoms with Crippen molar-refractivity contribution in [3.63, 3.8) is 0 Å². The van der Waals surface area contributed by atoms with Crippen LogP contribution in [0, 0.1) is 0 Å². The zero-order chi connectivity index (χ0) is 51.5. The Kier molecular flexibility index (Phi) is 2.32. The summed E-state index contributed by atoms with van der Waals surface area (Å²) in [7, 11) is 0. The Bertz CT molecular complexity index is 4000. The van der Waals surface area contributed by atoms with E-state index in [1.54, 1.807) is 13.8 Å². The van der Waals surface area contributed by atoms with E-state index in [1.807, 2.05) is 0 Å². The molecule has 1 nitrogen and oxygen atoms in total. The Hall–Kier alpha value is -5.66. The summed E-state index contributed by atoms with van der Waals surface area (Å²) in [6.45, 7) is 3.10. The first-order valence-electron chi connectivity index (χ1n) is 26.2. The molecule has 0 saturated carbocycles. The van der Waals surface area contributed by atoms with Crippen LogP contribution in [0.4, 0.5) is 0 Å². The Labute approximate surface area is 301 Å². The third-order valence-electron chi connectivity index (χ3n) is 8.57. The smallest absolute Gasteiger partial charge is 0.136 e. The predicted molar refractivity (Wildman–Crippen MR) is 195 cm³/mol. The van der Waals surface area contributed by atoms with Crippen LogP contribution in [0.25, 0.3) is 87.6 Å². The van der Waals surface area contributed by atoms with Crippen LogP contribution >= 0.6 is 0 Å². The minimum atomic E-state index is -1.43. The van der Waals surface area contributed by atoms with E-state index in [0.717, 1.165) is 0 Å². The second kappa shape index (κ2) is 9.19. The molecule has 216 valence electrons. The number of hydrogen-bond acceptors (Lipinski definition) is 1. The number of benzene rings is 8. The summed E-state index contributed by atoms with van der Waals surface area (Å²) in [5, 5.41) is -4.36. The number of furan rings is 1. The summed E-state index contributed by atoms with van der Waals surface area (Å²) in [5.41, 5.74) is -5.50. The molecule has 1 aliphatic carbocycles. The Morgan fingerprint density at radius 2 is 1.04 bits per heavy atom. The maximum absolute atomic E-state index is 9.92. The van der Waals surface area contributed by atoms with E-state index in [1.165, 1.54) is 0 Å². The molecule has 0 atom stereocenters. The van der Waals surface area contributed by atoms with E-state index >= 15 is 0 Å². The van der Waals surface area contributed by atoms with E-state index in [9.17, 15) is 13.7 Å². The molecule has 0 unspecified atom stereocenters. The Balaban J connectivity index is 1.54. The summed E-state index contributed by atoms with van der Waals surface area (Å²) >= 11 is 0. The first-order chi connectivity index (χ1) is 32.6. The SMILES string of the molecule is [2H]c1c([2H])c([2H])c2c(c1[2H])-c1c([2H])c(-c3c4c([2H])c([2H])c([2H])c([2H])c4c(-c4c([2H])c([2H])c([2H])c5oc6c([2H])c7c([2H])c([2H])c([2H])c([2H])c7c([2H])c6c45)c4c([2H])c([2H])c([2H])c([2H])c34)c([2H])c([2H])c1C2(C)C. The molecule has 9 aromatic rings. The van der Waals surface area contributed by atoms with E-state index in [-0.39, 0.29) is 22.3 Å². The molecule has 0 N–H and O–H groups in total. The van der Waals surface area contributed by atoms with Crippen molar-refractivity contribution in [2.24, 2.45) is 0 Å². The lowest BCUT2D eigenvalue weighted by atomic mass is 9.81. The van der Waals surface area contributed by atoms with Crippen LogP contribution in [0.2, 0.25) is 0 Å². The van der Waals surface area contributed by atoms with Crippen LogP contribution in [-0.4, -0.2) is 0 Å². The van der Waals surface area contributed by atoms with Crippen LogP contribution in [-0.2, 0) is 5.41 Å². The second-order valence-electron chi connectivity index (χ2n) is 11.4. The molecule has 1 heteroatoms. The normalized spacial score (nSPS) is 20.9. The van der Waals surface area contributed by atoms with Crippen molar-refractivity contribution in [1.29, 1.82) is 0 Å². The summed E-state index contributed by atoms with van der Waals surface area (Å²) in [6, 6.07) is -18.8. The van der Waals surface area contributed by atoms with Gasteiger partial charge in [0.25, 0.3) is 0 Å². The van der Waals surface area contributed by atoms with Gasteiger partial charge in [-0.1, -0.05) is 135 Å². The van der Waals surface area contributed by atoms with Crippen molar-refractivity contribution in [2.45, 2.75) is 19.3 Å². The summed E-state index contributed by atoms with van der Waals surface area (Å²) in [5.74, 6) is 0. The molecule has 8 aromatic carbocycles. The Morgan fingerprint density at radius 3 is 1.78 bits per heavy atom. The zero-order valence-corrected chi connectivity index (χ0v) is 23.9. The highest BCUT2D eigenvalue weighted by Crippen LogP contribution is 2.52. The average molecular weight is 611 g/mol. The van der Waals surface area contributed by atoms with Crippen LogP contribution in [0.15, 0.2) is 149 Å². The summed E-state index contributed by atoms with van der Waals surface area (Å²) in [6.07, 6.45) is 0. The molecule has 10 rings (SSSR count). The molecule has 0 amide bonds. The molecule has 0 spiro atoms. The van der Waals surface area contributed by atoms with E-state index in [0.29, 0.717) is 0 Å². The Morgan fingerprint density at radius 1 is 0.457 bits per heavy atom. The molecular formula is C45H30O. The number of rotatable bonds is 2. The van der Waals surface area contributed by atoms with Crippen molar-refractivity contribution in [3.8, 4) is 33.4 Å². The molecule has 0 fully saturated rings. The van der Waals surface area contributed by atoms with Crippen molar-refractivity contribution in [2.75, 3.05) is 0 Å². The number of hydrogen-bond donors (Lipinski definition) is 0. The topological polar surface area (TPSA) is 13.1 Å². The van der Waals surface area contributed by atoms with Crippen LogP contribution in [0.3, 0.4) is 0 Å². The fourth-order valence-corrected chi connectivity index (χ4v) is 6.51. The highest BCUT2D eigenvalue weighted by Gasteiger charge is 2.35.